The van der Waals surface area contributed by atoms with Crippen molar-refractivity contribution in [2.75, 3.05) is 13.1 Å². The van der Waals surface area contributed by atoms with Crippen molar-refractivity contribution in [3.05, 3.63) is 27.1 Å². The Bertz CT molecular complexity index is 532. The fourth-order valence-electron chi connectivity index (χ4n) is 1.74. The van der Waals surface area contributed by atoms with Crippen molar-refractivity contribution in [1.29, 1.82) is 0 Å². The number of rotatable bonds is 2. The van der Waals surface area contributed by atoms with Crippen LogP contribution in [0.4, 0.5) is 0 Å². The Kier molecular flexibility index (Phi) is 3.94. The van der Waals surface area contributed by atoms with E-state index >= 15 is 0 Å². The minimum atomic E-state index is -3.53. The molecule has 1 aromatic rings. The fourth-order valence-corrected chi connectivity index (χ4v) is 4.70. The molecule has 1 atom stereocenters. The molecule has 0 saturated carbocycles. The van der Waals surface area contributed by atoms with E-state index in [-0.39, 0.29) is 11.4 Å². The van der Waals surface area contributed by atoms with Gasteiger partial charge in [-0.3, -0.25) is 0 Å². The molecule has 1 fully saturated rings. The Morgan fingerprint density at radius 2 is 2.06 bits per heavy atom. The number of hydrogen-bond donors (Lipinski definition) is 1. The van der Waals surface area contributed by atoms with Gasteiger partial charge in [0.25, 0.3) is 0 Å². The number of halogens is 2. The van der Waals surface area contributed by atoms with E-state index in [9.17, 15) is 13.5 Å². The second kappa shape index (κ2) is 4.97. The van der Waals surface area contributed by atoms with Gasteiger partial charge in [0.1, 0.15) is 0 Å². The lowest BCUT2D eigenvalue weighted by Crippen LogP contribution is -2.30. The fraction of sp³-hybridized carbons (Fsp3) is 0.400. The van der Waals surface area contributed by atoms with Crippen LogP contribution in [0.5, 0.6) is 0 Å². The molecule has 1 aliphatic heterocycles. The number of sulfonamides is 1. The van der Waals surface area contributed by atoms with Gasteiger partial charge in [-0.05, 0) is 40.5 Å². The Morgan fingerprint density at radius 1 is 1.35 bits per heavy atom. The molecule has 1 aliphatic rings. The van der Waals surface area contributed by atoms with Crippen molar-refractivity contribution in [3.63, 3.8) is 0 Å². The summed E-state index contributed by atoms with van der Waals surface area (Å²) in [6.45, 7) is 0.531. The van der Waals surface area contributed by atoms with Crippen LogP contribution >= 0.6 is 31.9 Å². The zero-order valence-corrected chi connectivity index (χ0v) is 12.8. The first kappa shape index (κ1) is 13.5. The summed E-state index contributed by atoms with van der Waals surface area (Å²) in [4.78, 5) is 0.223. The van der Waals surface area contributed by atoms with Crippen molar-refractivity contribution in [2.45, 2.75) is 17.4 Å². The van der Waals surface area contributed by atoms with Crippen molar-refractivity contribution in [3.8, 4) is 0 Å². The molecule has 0 aliphatic carbocycles. The predicted octanol–water partition coefficient (Wildman–Crippen LogP) is 1.97. The van der Waals surface area contributed by atoms with Gasteiger partial charge in [0.15, 0.2) is 0 Å². The summed E-state index contributed by atoms with van der Waals surface area (Å²) in [5.74, 6) is 0. The molecule has 17 heavy (non-hydrogen) atoms. The third-order valence-electron chi connectivity index (χ3n) is 2.64. The standard InChI is InChI=1S/C10H11Br2NO3S/c11-7-1-2-9(12)10(5-7)17(15,16)13-4-3-8(14)6-13/h1-2,5,8,14H,3-4,6H2. The highest BCUT2D eigenvalue weighted by atomic mass is 79.9. The second-order valence-corrected chi connectivity index (χ2v) is 7.56. The lowest BCUT2D eigenvalue weighted by atomic mass is 10.3. The first-order valence-corrected chi connectivity index (χ1v) is 8.07. The zero-order chi connectivity index (χ0) is 12.6. The quantitative estimate of drug-likeness (QED) is 0.847. The van der Waals surface area contributed by atoms with Crippen molar-refractivity contribution >= 4 is 41.9 Å². The maximum atomic E-state index is 12.3. The van der Waals surface area contributed by atoms with E-state index < -0.39 is 16.1 Å². The molecule has 0 radical (unpaired) electrons. The third kappa shape index (κ3) is 2.73. The first-order valence-electron chi connectivity index (χ1n) is 5.04. The predicted molar refractivity (Wildman–Crippen MR) is 71.2 cm³/mol. The number of aliphatic hydroxyl groups excluding tert-OH is 1. The Hall–Kier alpha value is 0.0500. The highest BCUT2D eigenvalue weighted by Gasteiger charge is 2.32. The van der Waals surface area contributed by atoms with E-state index in [0.717, 1.165) is 0 Å². The highest BCUT2D eigenvalue weighted by molar-refractivity contribution is 9.11. The van der Waals surface area contributed by atoms with Gasteiger partial charge < -0.3 is 5.11 Å². The molecule has 0 bridgehead atoms. The molecule has 7 heteroatoms. The van der Waals surface area contributed by atoms with Crippen molar-refractivity contribution < 1.29 is 13.5 Å². The van der Waals surface area contributed by atoms with Crippen LogP contribution in [0.15, 0.2) is 32.0 Å². The average molecular weight is 385 g/mol. The maximum Gasteiger partial charge on any atom is 0.244 e. The summed E-state index contributed by atoms with van der Waals surface area (Å²) in [6.07, 6.45) is -0.0686. The monoisotopic (exact) mass is 383 g/mol. The van der Waals surface area contributed by atoms with Crippen LogP contribution in [-0.2, 0) is 10.0 Å². The Balaban J connectivity index is 2.41. The number of nitrogens with zero attached hydrogens (tertiary/aromatic N) is 1. The average Bonchev–Trinajstić information content (AvgIpc) is 2.69. The van der Waals surface area contributed by atoms with Crippen LogP contribution < -0.4 is 0 Å². The van der Waals surface area contributed by atoms with Gasteiger partial charge in [-0.2, -0.15) is 4.31 Å². The van der Waals surface area contributed by atoms with Gasteiger partial charge in [0.2, 0.25) is 10.0 Å². The molecular weight excluding hydrogens is 374 g/mol. The number of β-amino-alcohol motifs (C(OH)–C–C–N with tert-alkyl or cyclic N) is 1. The van der Waals surface area contributed by atoms with Crippen LogP contribution in [-0.4, -0.2) is 37.0 Å². The third-order valence-corrected chi connectivity index (χ3v) is 5.99. The zero-order valence-electron chi connectivity index (χ0n) is 8.81. The van der Waals surface area contributed by atoms with E-state index in [1.807, 2.05) is 0 Å². The van der Waals surface area contributed by atoms with Crippen LogP contribution in [0.3, 0.4) is 0 Å². The number of aliphatic hydroxyl groups is 1. The minimum Gasteiger partial charge on any atom is -0.392 e. The van der Waals surface area contributed by atoms with Crippen LogP contribution in [0.25, 0.3) is 0 Å². The summed E-state index contributed by atoms with van der Waals surface area (Å²) in [5.41, 5.74) is 0. The summed E-state index contributed by atoms with van der Waals surface area (Å²) in [6, 6.07) is 5.01. The molecule has 0 aromatic heterocycles. The van der Waals surface area contributed by atoms with Gasteiger partial charge in [-0.15, -0.1) is 0 Å². The molecule has 0 amide bonds. The second-order valence-electron chi connectivity index (χ2n) is 3.88. The summed E-state index contributed by atoms with van der Waals surface area (Å²) in [5, 5.41) is 9.41. The molecule has 1 heterocycles. The van der Waals surface area contributed by atoms with E-state index in [2.05, 4.69) is 31.9 Å². The molecule has 1 N–H and O–H groups in total. The minimum absolute atomic E-state index is 0.168. The molecule has 94 valence electrons. The molecule has 1 unspecified atom stereocenters. The molecular formula is C10H11Br2NO3S. The van der Waals surface area contributed by atoms with E-state index in [1.54, 1.807) is 18.2 Å². The topological polar surface area (TPSA) is 57.6 Å². The summed E-state index contributed by atoms with van der Waals surface area (Å²) in [7, 11) is -3.53. The van der Waals surface area contributed by atoms with E-state index in [0.29, 0.717) is 21.9 Å². The molecule has 1 saturated heterocycles. The molecule has 4 nitrogen and oxygen atoms in total. The van der Waals surface area contributed by atoms with Gasteiger partial charge >= 0.3 is 0 Å². The van der Waals surface area contributed by atoms with Gasteiger partial charge in [0, 0.05) is 22.0 Å². The Labute approximate surface area is 117 Å². The lowest BCUT2D eigenvalue weighted by molar-refractivity contribution is 0.189. The van der Waals surface area contributed by atoms with E-state index in [4.69, 9.17) is 0 Å². The smallest absolute Gasteiger partial charge is 0.244 e. The van der Waals surface area contributed by atoms with Crippen LogP contribution in [0.1, 0.15) is 6.42 Å². The van der Waals surface area contributed by atoms with Gasteiger partial charge in [-0.25, -0.2) is 8.42 Å². The normalized spacial score (nSPS) is 21.9. The van der Waals surface area contributed by atoms with Crippen molar-refractivity contribution in [2.24, 2.45) is 0 Å². The summed E-state index contributed by atoms with van der Waals surface area (Å²) >= 11 is 6.50. The SMILES string of the molecule is O=S(=O)(c1cc(Br)ccc1Br)N1CCC(O)C1. The first-order chi connectivity index (χ1) is 7.91. The van der Waals surface area contributed by atoms with Crippen molar-refractivity contribution in [1.82, 2.24) is 4.31 Å². The van der Waals surface area contributed by atoms with Crippen LogP contribution in [0, 0.1) is 0 Å². The summed E-state index contributed by atoms with van der Waals surface area (Å²) < 4.78 is 27.2. The molecule has 2 rings (SSSR count). The van der Waals surface area contributed by atoms with Gasteiger partial charge in [0.05, 0.1) is 11.0 Å². The van der Waals surface area contributed by atoms with E-state index in [1.165, 1.54) is 4.31 Å². The Morgan fingerprint density at radius 3 is 2.65 bits per heavy atom. The largest absolute Gasteiger partial charge is 0.392 e. The molecule has 1 aromatic carbocycles. The molecule has 0 spiro atoms. The highest BCUT2D eigenvalue weighted by Crippen LogP contribution is 2.29. The maximum absolute atomic E-state index is 12.3. The number of hydrogen-bond acceptors (Lipinski definition) is 3. The number of benzene rings is 1. The lowest BCUT2D eigenvalue weighted by Gasteiger charge is -2.16. The van der Waals surface area contributed by atoms with Crippen LogP contribution in [0.2, 0.25) is 0 Å². The van der Waals surface area contributed by atoms with Gasteiger partial charge in [-0.1, -0.05) is 15.9 Å².